The zero-order chi connectivity index (χ0) is 41.5. The normalized spacial score (nSPS) is 15.1. The summed E-state index contributed by atoms with van der Waals surface area (Å²) in [5.41, 5.74) is 17.2. The fourth-order valence-corrected chi connectivity index (χ4v) is 8.31. The summed E-state index contributed by atoms with van der Waals surface area (Å²) in [7, 11) is 0. The van der Waals surface area contributed by atoms with Crippen LogP contribution in [0.15, 0.2) is 188 Å². The van der Waals surface area contributed by atoms with Gasteiger partial charge in [0.1, 0.15) is 5.54 Å². The Morgan fingerprint density at radius 3 is 1.49 bits per heavy atom. The van der Waals surface area contributed by atoms with E-state index in [1.54, 1.807) is 0 Å². The van der Waals surface area contributed by atoms with Crippen LogP contribution < -0.4 is 9.80 Å². The second-order valence-electron chi connectivity index (χ2n) is 17.0. The van der Waals surface area contributed by atoms with Crippen LogP contribution in [0.25, 0.3) is 11.3 Å². The summed E-state index contributed by atoms with van der Waals surface area (Å²) < 4.78 is 2.26. The molecule has 0 N–H and O–H groups in total. The van der Waals surface area contributed by atoms with Gasteiger partial charge in [0.25, 0.3) is 0 Å². The van der Waals surface area contributed by atoms with Crippen molar-refractivity contribution in [2.45, 2.75) is 66.3 Å². The molecule has 0 amide bonds. The predicted molar refractivity (Wildman–Crippen MR) is 250 cm³/mol. The van der Waals surface area contributed by atoms with Gasteiger partial charge < -0.3 is 9.80 Å². The summed E-state index contributed by atoms with van der Waals surface area (Å²) in [4.78, 5) is 4.65. The van der Waals surface area contributed by atoms with E-state index in [1.807, 2.05) is 6.08 Å². The largest absolute Gasteiger partial charge is 0.315 e. The molecule has 8 rings (SSSR count). The molecule has 4 nitrogen and oxygen atoms in total. The molecular weight excluding hydrogens is 717 g/mol. The molecule has 1 aliphatic heterocycles. The molecule has 0 fully saturated rings. The van der Waals surface area contributed by atoms with Crippen LogP contribution in [0, 0.1) is 27.7 Å². The molecule has 1 aliphatic rings. The SMILES string of the molecule is C=C/C(=C\C=C(/C)N(c1ccc(C)cc1)c1ccc(C)cc1)C1(c2ccc(N(c3ccc(C)cc3)c3ccc(C)cc3)cc2)c2ccccc2-c2cc(C(C)(C)C)nn21. The molecule has 1 unspecified atom stereocenters. The lowest BCUT2D eigenvalue weighted by molar-refractivity contribution is 0.460. The lowest BCUT2D eigenvalue weighted by Gasteiger charge is -2.35. The highest BCUT2D eigenvalue weighted by atomic mass is 15.4. The molecular formula is C55H54N4. The zero-order valence-electron chi connectivity index (χ0n) is 35.7. The van der Waals surface area contributed by atoms with E-state index in [1.165, 1.54) is 33.4 Å². The Labute approximate surface area is 351 Å². The van der Waals surface area contributed by atoms with Crippen molar-refractivity contribution in [2.75, 3.05) is 9.80 Å². The molecule has 0 spiro atoms. The van der Waals surface area contributed by atoms with Crippen molar-refractivity contribution in [3.05, 3.63) is 227 Å². The summed E-state index contributed by atoms with van der Waals surface area (Å²) in [6, 6.07) is 55.1. The summed E-state index contributed by atoms with van der Waals surface area (Å²) >= 11 is 0. The minimum absolute atomic E-state index is 0.151. The Bertz CT molecular complexity index is 2580. The van der Waals surface area contributed by atoms with Crippen LogP contribution in [0.5, 0.6) is 0 Å². The number of benzene rings is 6. The summed E-state index contributed by atoms with van der Waals surface area (Å²) in [6.45, 7) is 21.9. The first-order valence-electron chi connectivity index (χ1n) is 20.6. The van der Waals surface area contributed by atoms with E-state index in [2.05, 4.69) is 240 Å². The molecule has 0 radical (unpaired) electrons. The van der Waals surface area contributed by atoms with Gasteiger partial charge in [-0.1, -0.05) is 147 Å². The second-order valence-corrected chi connectivity index (χ2v) is 17.0. The number of nitrogens with zero attached hydrogens (tertiary/aromatic N) is 4. The lowest BCUT2D eigenvalue weighted by atomic mass is 9.76. The molecule has 2 heterocycles. The summed E-state index contributed by atoms with van der Waals surface area (Å²) in [5.74, 6) is 0. The minimum atomic E-state index is -0.802. The number of allylic oxidation sites excluding steroid dienone is 5. The average Bonchev–Trinajstić information content (AvgIpc) is 3.80. The summed E-state index contributed by atoms with van der Waals surface area (Å²) in [5, 5.41) is 5.51. The Hall–Kier alpha value is -6.65. The lowest BCUT2D eigenvalue weighted by Crippen LogP contribution is -2.36. The number of aryl methyl sites for hydroxylation is 4. The van der Waals surface area contributed by atoms with Crippen molar-refractivity contribution in [1.29, 1.82) is 0 Å². The highest BCUT2D eigenvalue weighted by Crippen LogP contribution is 2.53. The Kier molecular flexibility index (Phi) is 10.4. The molecule has 0 bridgehead atoms. The van der Waals surface area contributed by atoms with E-state index < -0.39 is 5.54 Å². The molecule has 6 aromatic carbocycles. The topological polar surface area (TPSA) is 24.3 Å². The molecule has 0 saturated heterocycles. The van der Waals surface area contributed by atoms with Gasteiger partial charge >= 0.3 is 0 Å². The van der Waals surface area contributed by atoms with Crippen LogP contribution >= 0.6 is 0 Å². The van der Waals surface area contributed by atoms with E-state index in [0.717, 1.165) is 56.7 Å². The third-order valence-corrected chi connectivity index (χ3v) is 11.6. The quantitative estimate of drug-likeness (QED) is 0.129. The highest BCUT2D eigenvalue weighted by molar-refractivity contribution is 5.80. The van der Waals surface area contributed by atoms with Crippen molar-refractivity contribution >= 4 is 28.4 Å². The molecule has 294 valence electrons. The third kappa shape index (κ3) is 7.25. The maximum atomic E-state index is 5.51. The Balaban J connectivity index is 1.34. The van der Waals surface area contributed by atoms with E-state index in [9.17, 15) is 0 Å². The van der Waals surface area contributed by atoms with E-state index in [0.29, 0.717) is 0 Å². The summed E-state index contributed by atoms with van der Waals surface area (Å²) in [6.07, 6.45) is 6.51. The third-order valence-electron chi connectivity index (χ3n) is 11.6. The maximum Gasteiger partial charge on any atom is 0.139 e. The number of rotatable bonds is 10. The standard InChI is InChI=1S/C55H54N4/c1-10-43(24-23-42(6)57(45-27-15-38(2)16-28-45)46-29-17-39(3)18-30-46)55(51-14-12-11-13-50(51)52-37-53(54(7,8)9)56-59(52)55)44-25-35-49(36-26-44)58(47-31-19-40(4)20-32-47)48-33-21-41(5)22-34-48/h10-37H,1H2,2-9H3/b42-23+,43-24+. The molecule has 0 saturated carbocycles. The van der Waals surface area contributed by atoms with Gasteiger partial charge in [-0.2, -0.15) is 5.10 Å². The molecule has 59 heavy (non-hydrogen) atoms. The molecule has 4 heteroatoms. The van der Waals surface area contributed by atoms with Crippen molar-refractivity contribution in [2.24, 2.45) is 0 Å². The van der Waals surface area contributed by atoms with Crippen LogP contribution in [0.2, 0.25) is 0 Å². The second kappa shape index (κ2) is 15.6. The fraction of sp³-hybridized carbons (Fsp3) is 0.182. The van der Waals surface area contributed by atoms with Gasteiger partial charge in [-0.15, -0.1) is 0 Å². The van der Waals surface area contributed by atoms with Gasteiger partial charge in [-0.05, 0) is 124 Å². The first-order chi connectivity index (χ1) is 28.4. The van der Waals surface area contributed by atoms with Crippen molar-refractivity contribution in [3.8, 4) is 11.3 Å². The van der Waals surface area contributed by atoms with Gasteiger partial charge in [0.15, 0.2) is 0 Å². The Morgan fingerprint density at radius 2 is 1.03 bits per heavy atom. The van der Waals surface area contributed by atoms with Crippen LogP contribution in [-0.4, -0.2) is 9.78 Å². The van der Waals surface area contributed by atoms with Crippen LogP contribution in [0.4, 0.5) is 28.4 Å². The van der Waals surface area contributed by atoms with Crippen molar-refractivity contribution in [3.63, 3.8) is 0 Å². The molecule has 7 aromatic rings. The smallest absolute Gasteiger partial charge is 0.139 e. The first-order valence-corrected chi connectivity index (χ1v) is 20.6. The zero-order valence-corrected chi connectivity index (χ0v) is 35.7. The van der Waals surface area contributed by atoms with Crippen molar-refractivity contribution < 1.29 is 0 Å². The van der Waals surface area contributed by atoms with Crippen LogP contribution in [0.1, 0.15) is 66.8 Å². The number of hydrogen-bond donors (Lipinski definition) is 0. The monoisotopic (exact) mass is 770 g/mol. The first kappa shape index (κ1) is 39.2. The predicted octanol–water partition coefficient (Wildman–Crippen LogP) is 14.5. The Morgan fingerprint density at radius 1 is 0.593 bits per heavy atom. The average molecular weight is 771 g/mol. The van der Waals surface area contributed by atoms with Crippen molar-refractivity contribution in [1.82, 2.24) is 9.78 Å². The number of anilines is 5. The van der Waals surface area contributed by atoms with E-state index in [-0.39, 0.29) is 5.41 Å². The van der Waals surface area contributed by atoms with Crippen LogP contribution in [-0.2, 0) is 11.0 Å². The van der Waals surface area contributed by atoms with Crippen LogP contribution in [0.3, 0.4) is 0 Å². The fourth-order valence-electron chi connectivity index (χ4n) is 8.31. The highest BCUT2D eigenvalue weighted by Gasteiger charge is 2.48. The number of fused-ring (bicyclic) bond motifs is 3. The number of hydrogen-bond acceptors (Lipinski definition) is 3. The van der Waals surface area contributed by atoms with Gasteiger partial charge in [0.2, 0.25) is 0 Å². The van der Waals surface area contributed by atoms with Gasteiger partial charge in [0, 0.05) is 45.1 Å². The minimum Gasteiger partial charge on any atom is -0.315 e. The molecule has 1 aromatic heterocycles. The van der Waals surface area contributed by atoms with Gasteiger partial charge in [0.05, 0.1) is 11.4 Å². The van der Waals surface area contributed by atoms with Gasteiger partial charge in [-0.25, -0.2) is 4.68 Å². The van der Waals surface area contributed by atoms with Gasteiger partial charge in [-0.3, -0.25) is 0 Å². The van der Waals surface area contributed by atoms with E-state index >= 15 is 0 Å². The van der Waals surface area contributed by atoms with E-state index in [4.69, 9.17) is 5.10 Å². The molecule has 1 atom stereocenters. The number of aromatic nitrogens is 2. The maximum absolute atomic E-state index is 5.51. The molecule has 0 aliphatic carbocycles.